The maximum Gasteiger partial charge on any atom is 0.369 e. The Hall–Kier alpha value is 0.220. The molecular formula is C15H35NO7P2. The Balaban J connectivity index is 3.72. The Morgan fingerprint density at radius 3 is 1.52 bits per heavy atom. The third-order valence-corrected chi connectivity index (χ3v) is 8.15. The Kier molecular flexibility index (Phi) is 12.7. The molecular weight excluding hydrogens is 368 g/mol. The lowest BCUT2D eigenvalue weighted by atomic mass is 10.1. The maximum absolute atomic E-state index is 11.2. The lowest BCUT2D eigenvalue weighted by Crippen LogP contribution is -2.33. The van der Waals surface area contributed by atoms with Crippen molar-refractivity contribution < 1.29 is 33.8 Å². The van der Waals surface area contributed by atoms with Gasteiger partial charge in [-0.2, -0.15) is 0 Å². The van der Waals surface area contributed by atoms with Crippen molar-refractivity contribution in [1.29, 1.82) is 0 Å². The van der Waals surface area contributed by atoms with E-state index in [2.05, 4.69) is 12.2 Å². The summed E-state index contributed by atoms with van der Waals surface area (Å²) in [4.78, 5) is 36.0. The Bertz CT molecular complexity index is 414. The SMILES string of the molecule is CCCCCCCCCCCCNCCC(O)(P(=O)(O)O)P(=O)(O)O. The quantitative estimate of drug-likeness (QED) is 0.170. The minimum absolute atomic E-state index is 0.0792. The van der Waals surface area contributed by atoms with Gasteiger partial charge in [-0.15, -0.1) is 0 Å². The lowest BCUT2D eigenvalue weighted by Gasteiger charge is -2.29. The average Bonchev–Trinajstić information content (AvgIpc) is 2.49. The summed E-state index contributed by atoms with van der Waals surface area (Å²) in [6, 6.07) is 0. The maximum atomic E-state index is 11.2. The molecule has 10 heteroatoms. The van der Waals surface area contributed by atoms with Gasteiger partial charge in [-0.05, 0) is 19.5 Å². The van der Waals surface area contributed by atoms with Crippen molar-refractivity contribution in [3.8, 4) is 0 Å². The smallest absolute Gasteiger partial charge is 0.367 e. The van der Waals surface area contributed by atoms with Crippen LogP contribution in [0.25, 0.3) is 0 Å². The minimum Gasteiger partial charge on any atom is -0.367 e. The number of rotatable bonds is 16. The fraction of sp³-hybridized carbons (Fsp3) is 1.00. The molecule has 0 fully saturated rings. The van der Waals surface area contributed by atoms with Crippen molar-refractivity contribution in [2.45, 2.75) is 82.6 Å². The second kappa shape index (κ2) is 12.6. The number of hydrogen-bond acceptors (Lipinski definition) is 4. The standard InChI is InChI=1S/C15H35NO7P2/c1-2-3-4-5-6-7-8-9-10-11-13-16-14-12-15(17,24(18,19)20)25(21,22)23/h16-17H,2-14H2,1H3,(H2,18,19,20)(H2,21,22,23). The molecule has 0 aromatic rings. The van der Waals surface area contributed by atoms with Crippen LogP contribution < -0.4 is 5.32 Å². The van der Waals surface area contributed by atoms with Crippen LogP contribution in [0.5, 0.6) is 0 Å². The van der Waals surface area contributed by atoms with Crippen molar-refractivity contribution in [3.63, 3.8) is 0 Å². The molecule has 0 rings (SSSR count). The Morgan fingerprint density at radius 1 is 0.720 bits per heavy atom. The van der Waals surface area contributed by atoms with Crippen molar-refractivity contribution in [2.75, 3.05) is 13.1 Å². The van der Waals surface area contributed by atoms with Crippen LogP contribution in [0.15, 0.2) is 0 Å². The normalized spacial score (nSPS) is 13.4. The monoisotopic (exact) mass is 403 g/mol. The van der Waals surface area contributed by atoms with Crippen molar-refractivity contribution in [2.24, 2.45) is 0 Å². The van der Waals surface area contributed by atoms with Gasteiger partial charge in [-0.3, -0.25) is 9.13 Å². The molecule has 0 aliphatic heterocycles. The summed E-state index contributed by atoms with van der Waals surface area (Å²) in [5.74, 6) is 0. The second-order valence-corrected chi connectivity index (χ2v) is 10.6. The van der Waals surface area contributed by atoms with E-state index >= 15 is 0 Å². The molecule has 8 nitrogen and oxygen atoms in total. The summed E-state index contributed by atoms with van der Waals surface area (Å²) >= 11 is 0. The third-order valence-electron chi connectivity index (χ3n) is 4.28. The first kappa shape index (κ1) is 25.2. The predicted molar refractivity (Wildman–Crippen MR) is 98.4 cm³/mol. The average molecular weight is 403 g/mol. The fourth-order valence-electron chi connectivity index (χ4n) is 2.58. The summed E-state index contributed by atoms with van der Waals surface area (Å²) in [7, 11) is -10.7. The molecule has 0 unspecified atom stereocenters. The zero-order valence-electron chi connectivity index (χ0n) is 15.1. The molecule has 0 radical (unpaired) electrons. The molecule has 0 saturated carbocycles. The van der Waals surface area contributed by atoms with E-state index in [0.29, 0.717) is 6.54 Å². The van der Waals surface area contributed by atoms with Gasteiger partial charge in [-0.25, -0.2) is 0 Å². The van der Waals surface area contributed by atoms with Gasteiger partial charge in [0.1, 0.15) is 0 Å². The van der Waals surface area contributed by atoms with E-state index in [9.17, 15) is 14.2 Å². The molecule has 0 spiro atoms. The van der Waals surface area contributed by atoms with Gasteiger partial charge in [0.25, 0.3) is 5.08 Å². The highest BCUT2D eigenvalue weighted by Crippen LogP contribution is 2.68. The highest BCUT2D eigenvalue weighted by atomic mass is 31.2. The van der Waals surface area contributed by atoms with Crippen molar-refractivity contribution in [3.05, 3.63) is 0 Å². The van der Waals surface area contributed by atoms with E-state index in [1.54, 1.807) is 0 Å². The van der Waals surface area contributed by atoms with Crippen LogP contribution in [0.3, 0.4) is 0 Å². The number of nitrogens with one attached hydrogen (secondary N) is 1. The molecule has 0 aliphatic rings. The van der Waals surface area contributed by atoms with Crippen LogP contribution in [0.4, 0.5) is 0 Å². The van der Waals surface area contributed by atoms with E-state index < -0.39 is 26.7 Å². The molecule has 0 aliphatic carbocycles. The first-order valence-electron chi connectivity index (χ1n) is 9.10. The van der Waals surface area contributed by atoms with Crippen molar-refractivity contribution in [1.82, 2.24) is 5.32 Å². The van der Waals surface area contributed by atoms with Gasteiger partial charge in [0.05, 0.1) is 0 Å². The lowest BCUT2D eigenvalue weighted by molar-refractivity contribution is 0.123. The van der Waals surface area contributed by atoms with E-state index in [1.807, 2.05) is 0 Å². The van der Waals surface area contributed by atoms with Gasteiger partial charge < -0.3 is 30.0 Å². The zero-order chi connectivity index (χ0) is 19.4. The van der Waals surface area contributed by atoms with Crippen LogP contribution in [-0.4, -0.2) is 42.9 Å². The minimum atomic E-state index is -5.34. The van der Waals surface area contributed by atoms with Crippen LogP contribution in [0, 0.1) is 0 Å². The Labute approximate surface area is 150 Å². The highest BCUT2D eigenvalue weighted by Gasteiger charge is 2.58. The summed E-state index contributed by atoms with van der Waals surface area (Å²) < 4.78 is 22.3. The van der Waals surface area contributed by atoms with Gasteiger partial charge >= 0.3 is 15.2 Å². The number of unbranched alkanes of at least 4 members (excludes halogenated alkanes) is 9. The molecule has 0 saturated heterocycles. The first-order valence-corrected chi connectivity index (χ1v) is 12.3. The van der Waals surface area contributed by atoms with Crippen LogP contribution in [0.2, 0.25) is 0 Å². The van der Waals surface area contributed by atoms with Gasteiger partial charge in [0.2, 0.25) is 0 Å². The Morgan fingerprint density at radius 2 is 1.12 bits per heavy atom. The summed E-state index contributed by atoms with van der Waals surface area (Å²) in [5.41, 5.74) is 0. The molecule has 152 valence electrons. The number of aliphatic hydroxyl groups is 1. The van der Waals surface area contributed by atoms with Crippen LogP contribution in [0.1, 0.15) is 77.6 Å². The first-order chi connectivity index (χ1) is 11.6. The van der Waals surface area contributed by atoms with Gasteiger partial charge in [0, 0.05) is 6.42 Å². The zero-order valence-corrected chi connectivity index (χ0v) is 16.9. The molecule has 0 heterocycles. The molecule has 25 heavy (non-hydrogen) atoms. The largest absolute Gasteiger partial charge is 0.369 e. The molecule has 0 aromatic carbocycles. The fourth-order valence-corrected chi connectivity index (χ4v) is 4.74. The van der Waals surface area contributed by atoms with Crippen LogP contribution >= 0.6 is 15.2 Å². The molecule has 0 aromatic heterocycles. The molecule has 0 atom stereocenters. The summed E-state index contributed by atoms with van der Waals surface area (Å²) in [5, 5.41) is 9.24. The third kappa shape index (κ3) is 10.2. The summed E-state index contributed by atoms with van der Waals surface area (Å²) in [6.45, 7) is 2.70. The van der Waals surface area contributed by atoms with E-state index in [0.717, 1.165) is 19.3 Å². The van der Waals surface area contributed by atoms with E-state index in [-0.39, 0.29) is 6.54 Å². The van der Waals surface area contributed by atoms with Crippen molar-refractivity contribution >= 4 is 15.2 Å². The summed E-state index contributed by atoms with van der Waals surface area (Å²) in [6.07, 6.45) is 11.2. The molecule has 0 amide bonds. The van der Waals surface area contributed by atoms with Crippen LogP contribution in [-0.2, 0) is 9.13 Å². The second-order valence-electron chi connectivity index (χ2n) is 6.54. The molecule has 6 N–H and O–H groups in total. The van der Waals surface area contributed by atoms with Gasteiger partial charge in [0.15, 0.2) is 0 Å². The molecule has 0 bridgehead atoms. The topological polar surface area (TPSA) is 147 Å². The van der Waals surface area contributed by atoms with E-state index in [4.69, 9.17) is 19.6 Å². The van der Waals surface area contributed by atoms with Gasteiger partial charge in [-0.1, -0.05) is 64.7 Å². The van der Waals surface area contributed by atoms with E-state index in [1.165, 1.54) is 44.9 Å². The number of hydrogen-bond donors (Lipinski definition) is 6. The highest BCUT2D eigenvalue weighted by molar-refractivity contribution is 7.72. The predicted octanol–water partition coefficient (Wildman–Crippen LogP) is 2.89.